The number of hydrogen-bond acceptors (Lipinski definition) is 4. The van der Waals surface area contributed by atoms with Gasteiger partial charge in [-0.1, -0.05) is 12.1 Å². The largest absolute Gasteiger partial charge is 0.494 e. The zero-order valence-electron chi connectivity index (χ0n) is 16.5. The van der Waals surface area contributed by atoms with E-state index in [0.29, 0.717) is 37.2 Å². The summed E-state index contributed by atoms with van der Waals surface area (Å²) in [5, 5.41) is 6.57. The number of methoxy groups -OCH3 is 1. The second-order valence-corrected chi connectivity index (χ2v) is 5.70. The molecule has 0 saturated carbocycles. The molecule has 0 aliphatic heterocycles. The van der Waals surface area contributed by atoms with Crippen LogP contribution in [0.4, 0.5) is 5.69 Å². The van der Waals surface area contributed by atoms with Gasteiger partial charge in [-0.2, -0.15) is 0 Å². The molecule has 0 heterocycles. The van der Waals surface area contributed by atoms with Crippen molar-refractivity contribution in [1.82, 2.24) is 5.32 Å². The van der Waals surface area contributed by atoms with Crippen LogP contribution in [0.2, 0.25) is 0 Å². The molecule has 0 bridgehead atoms. The van der Waals surface area contributed by atoms with Gasteiger partial charge in [0.1, 0.15) is 5.75 Å². The Morgan fingerprint density at radius 1 is 0.963 bits per heavy atom. The number of guanidine groups is 1. The van der Waals surface area contributed by atoms with Gasteiger partial charge >= 0.3 is 0 Å². The highest BCUT2D eigenvalue weighted by atomic mass is 16.5. The van der Waals surface area contributed by atoms with Crippen molar-refractivity contribution in [2.75, 3.05) is 32.2 Å². The van der Waals surface area contributed by atoms with Crippen LogP contribution in [-0.4, -0.2) is 32.8 Å². The van der Waals surface area contributed by atoms with Crippen LogP contribution in [0, 0.1) is 0 Å². The predicted octanol–water partition coefficient (Wildman–Crippen LogP) is 4.07. The van der Waals surface area contributed by atoms with Crippen LogP contribution in [0.3, 0.4) is 0 Å². The summed E-state index contributed by atoms with van der Waals surface area (Å²) in [4.78, 5) is 4.67. The first-order chi connectivity index (χ1) is 13.2. The average molecular weight is 371 g/mol. The Kier molecular flexibility index (Phi) is 8.29. The summed E-state index contributed by atoms with van der Waals surface area (Å²) >= 11 is 0. The summed E-state index contributed by atoms with van der Waals surface area (Å²) < 4.78 is 16.5. The molecule has 2 N–H and O–H groups in total. The van der Waals surface area contributed by atoms with Gasteiger partial charge in [-0.15, -0.1) is 0 Å². The Hall–Kier alpha value is -2.89. The van der Waals surface area contributed by atoms with Crippen molar-refractivity contribution in [2.45, 2.75) is 27.3 Å². The van der Waals surface area contributed by atoms with Crippen LogP contribution < -0.4 is 24.8 Å². The van der Waals surface area contributed by atoms with Crippen LogP contribution >= 0.6 is 0 Å². The third-order valence-electron chi connectivity index (χ3n) is 3.70. The molecule has 2 aromatic carbocycles. The van der Waals surface area contributed by atoms with Crippen molar-refractivity contribution in [3.8, 4) is 17.2 Å². The molecule has 6 nitrogen and oxygen atoms in total. The molecule has 0 aliphatic carbocycles. The molecular formula is C21H29N3O3. The van der Waals surface area contributed by atoms with Gasteiger partial charge < -0.3 is 24.8 Å². The maximum absolute atomic E-state index is 5.64. The summed E-state index contributed by atoms with van der Waals surface area (Å²) in [6, 6.07) is 13.7. The summed E-state index contributed by atoms with van der Waals surface area (Å²) in [5.41, 5.74) is 1.96. The molecule has 0 radical (unpaired) electrons. The molecule has 0 fully saturated rings. The van der Waals surface area contributed by atoms with Gasteiger partial charge in [-0.3, -0.25) is 0 Å². The summed E-state index contributed by atoms with van der Waals surface area (Å²) in [7, 11) is 1.63. The highest BCUT2D eigenvalue weighted by Gasteiger charge is 2.07. The van der Waals surface area contributed by atoms with Crippen molar-refractivity contribution in [3.05, 3.63) is 48.0 Å². The molecule has 2 aromatic rings. The van der Waals surface area contributed by atoms with Gasteiger partial charge in [0.2, 0.25) is 0 Å². The first-order valence-corrected chi connectivity index (χ1v) is 9.28. The van der Waals surface area contributed by atoms with E-state index in [-0.39, 0.29) is 0 Å². The van der Waals surface area contributed by atoms with Gasteiger partial charge in [-0.25, -0.2) is 4.99 Å². The zero-order chi connectivity index (χ0) is 19.5. The number of nitrogens with one attached hydrogen (secondary N) is 2. The normalized spacial score (nSPS) is 11.0. The van der Waals surface area contributed by atoms with E-state index in [9.17, 15) is 0 Å². The van der Waals surface area contributed by atoms with Crippen LogP contribution in [0.25, 0.3) is 0 Å². The fourth-order valence-electron chi connectivity index (χ4n) is 2.54. The highest BCUT2D eigenvalue weighted by molar-refractivity contribution is 5.93. The van der Waals surface area contributed by atoms with E-state index in [0.717, 1.165) is 23.5 Å². The lowest BCUT2D eigenvalue weighted by molar-refractivity contribution is 0.311. The zero-order valence-corrected chi connectivity index (χ0v) is 16.5. The van der Waals surface area contributed by atoms with Crippen molar-refractivity contribution < 1.29 is 14.2 Å². The van der Waals surface area contributed by atoms with E-state index in [1.54, 1.807) is 7.11 Å². The Morgan fingerprint density at radius 2 is 1.78 bits per heavy atom. The fourth-order valence-corrected chi connectivity index (χ4v) is 2.54. The molecule has 0 atom stereocenters. The minimum Gasteiger partial charge on any atom is -0.494 e. The van der Waals surface area contributed by atoms with Crippen molar-refractivity contribution in [3.63, 3.8) is 0 Å². The Labute approximate surface area is 161 Å². The molecular weight excluding hydrogens is 342 g/mol. The van der Waals surface area contributed by atoms with Crippen molar-refractivity contribution >= 4 is 11.6 Å². The molecule has 0 unspecified atom stereocenters. The van der Waals surface area contributed by atoms with Gasteiger partial charge in [0, 0.05) is 18.3 Å². The topological polar surface area (TPSA) is 64.1 Å². The lowest BCUT2D eigenvalue weighted by atomic mass is 10.2. The lowest BCUT2D eigenvalue weighted by Gasteiger charge is -2.14. The van der Waals surface area contributed by atoms with Crippen LogP contribution in [0.1, 0.15) is 26.3 Å². The molecule has 0 amide bonds. The standard InChI is InChI=1S/C21H29N3O3/c1-5-22-21(23-15-16-9-8-10-18(13-16)26-6-2)24-17-11-12-19(25-4)20(14-17)27-7-3/h8-14H,5-7,15H2,1-4H3,(H2,22,23,24). The minimum atomic E-state index is 0.546. The Bertz CT molecular complexity index is 747. The number of anilines is 1. The quantitative estimate of drug-likeness (QED) is 0.514. The number of rotatable bonds is 9. The number of hydrogen-bond donors (Lipinski definition) is 2. The maximum Gasteiger partial charge on any atom is 0.196 e. The second-order valence-electron chi connectivity index (χ2n) is 5.70. The van der Waals surface area contributed by atoms with Gasteiger partial charge in [0.05, 0.1) is 26.9 Å². The maximum atomic E-state index is 5.64. The minimum absolute atomic E-state index is 0.546. The first kappa shape index (κ1) is 20.4. The summed E-state index contributed by atoms with van der Waals surface area (Å²) in [6.45, 7) is 8.49. The van der Waals surface area contributed by atoms with Crippen LogP contribution in [-0.2, 0) is 6.54 Å². The van der Waals surface area contributed by atoms with E-state index in [2.05, 4.69) is 15.6 Å². The van der Waals surface area contributed by atoms with E-state index in [4.69, 9.17) is 14.2 Å². The molecule has 146 valence electrons. The molecule has 0 aromatic heterocycles. The van der Waals surface area contributed by atoms with Gasteiger partial charge in [0.15, 0.2) is 17.5 Å². The number of aliphatic imine (C=N–C) groups is 1. The highest BCUT2D eigenvalue weighted by Crippen LogP contribution is 2.30. The third kappa shape index (κ3) is 6.40. The summed E-state index contributed by atoms with van der Waals surface area (Å²) in [5.74, 6) is 2.97. The third-order valence-corrected chi connectivity index (χ3v) is 3.70. The number of benzene rings is 2. The summed E-state index contributed by atoms with van der Waals surface area (Å²) in [6.07, 6.45) is 0. The Morgan fingerprint density at radius 3 is 2.48 bits per heavy atom. The second kappa shape index (κ2) is 11.0. The van der Waals surface area contributed by atoms with E-state index in [1.807, 2.05) is 63.2 Å². The molecule has 0 aliphatic rings. The molecule has 0 spiro atoms. The Balaban J connectivity index is 2.13. The first-order valence-electron chi connectivity index (χ1n) is 9.28. The smallest absolute Gasteiger partial charge is 0.196 e. The molecule has 6 heteroatoms. The van der Waals surface area contributed by atoms with Crippen molar-refractivity contribution in [1.29, 1.82) is 0 Å². The van der Waals surface area contributed by atoms with E-state index < -0.39 is 0 Å². The van der Waals surface area contributed by atoms with E-state index >= 15 is 0 Å². The van der Waals surface area contributed by atoms with Crippen molar-refractivity contribution in [2.24, 2.45) is 4.99 Å². The predicted molar refractivity (Wildman–Crippen MR) is 110 cm³/mol. The monoisotopic (exact) mass is 371 g/mol. The number of nitrogens with zero attached hydrogens (tertiary/aromatic N) is 1. The lowest BCUT2D eigenvalue weighted by Crippen LogP contribution is -2.30. The molecule has 0 saturated heterocycles. The van der Waals surface area contributed by atoms with Gasteiger partial charge in [-0.05, 0) is 50.6 Å². The average Bonchev–Trinajstić information content (AvgIpc) is 2.67. The van der Waals surface area contributed by atoms with Crippen LogP contribution in [0.5, 0.6) is 17.2 Å². The number of ether oxygens (including phenoxy) is 3. The fraction of sp³-hybridized carbons (Fsp3) is 0.381. The molecule has 2 rings (SSSR count). The SMILES string of the molecule is CCNC(=NCc1cccc(OCC)c1)Nc1ccc(OC)c(OCC)c1. The van der Waals surface area contributed by atoms with Gasteiger partial charge in [0.25, 0.3) is 0 Å². The molecule has 27 heavy (non-hydrogen) atoms. The van der Waals surface area contributed by atoms with Crippen LogP contribution in [0.15, 0.2) is 47.5 Å². The van der Waals surface area contributed by atoms with E-state index in [1.165, 1.54) is 0 Å².